The number of hydrogen-bond donors (Lipinski definition) is 1. The van der Waals surface area contributed by atoms with Crippen LogP contribution in [0.4, 0.5) is 0 Å². The number of fused-ring (bicyclic) bond motifs is 1. The monoisotopic (exact) mass is 190 g/mol. The zero-order valence-electron chi connectivity index (χ0n) is 7.90. The van der Waals surface area contributed by atoms with E-state index in [9.17, 15) is 0 Å². The molecule has 0 aliphatic heterocycles. The molecule has 12 heavy (non-hydrogen) atoms. The van der Waals surface area contributed by atoms with Gasteiger partial charge < -0.3 is 6.41 Å². The molecule has 0 atom stereocenters. The zero-order chi connectivity index (χ0) is 7.68. The van der Waals surface area contributed by atoms with Crippen LogP contribution in [0.25, 0.3) is 11.2 Å². The summed E-state index contributed by atoms with van der Waals surface area (Å²) in [5.41, 5.74) is 1.64. The van der Waals surface area contributed by atoms with Crippen molar-refractivity contribution in [1.82, 2.24) is 19.9 Å². The van der Waals surface area contributed by atoms with Crippen molar-refractivity contribution in [3.8, 4) is 0 Å². The molecule has 58 valence electrons. The molecule has 4 nitrogen and oxygen atoms in total. The summed E-state index contributed by atoms with van der Waals surface area (Å²) >= 11 is 1.58. The van der Waals surface area contributed by atoms with Gasteiger partial charge in [-0.3, -0.25) is 0 Å². The van der Waals surface area contributed by atoms with Gasteiger partial charge in [0.05, 0.1) is 6.33 Å². The van der Waals surface area contributed by atoms with Crippen molar-refractivity contribution in [1.29, 1.82) is 0 Å². The second kappa shape index (κ2) is 4.23. The van der Waals surface area contributed by atoms with Crippen LogP contribution in [0.15, 0.2) is 17.7 Å². The van der Waals surface area contributed by atoms with E-state index in [1.807, 2.05) is 6.26 Å². The van der Waals surface area contributed by atoms with Gasteiger partial charge in [-0.05, 0) is 6.26 Å². The Bertz CT molecular complexity index is 379. The SMILES string of the molecule is CSc1ncnc2nc[nH]c12.[H-].[Na+]. The second-order valence-corrected chi connectivity index (χ2v) is 2.78. The van der Waals surface area contributed by atoms with Gasteiger partial charge in [0.1, 0.15) is 16.9 Å². The third-order valence-electron chi connectivity index (χ3n) is 1.38. The summed E-state index contributed by atoms with van der Waals surface area (Å²) < 4.78 is 0. The van der Waals surface area contributed by atoms with Crippen LogP contribution >= 0.6 is 11.8 Å². The van der Waals surface area contributed by atoms with Crippen molar-refractivity contribution in [3.63, 3.8) is 0 Å². The van der Waals surface area contributed by atoms with Crippen LogP contribution in [0.5, 0.6) is 0 Å². The van der Waals surface area contributed by atoms with Crippen molar-refractivity contribution in [2.45, 2.75) is 5.03 Å². The van der Waals surface area contributed by atoms with E-state index >= 15 is 0 Å². The topological polar surface area (TPSA) is 54.5 Å². The number of H-pyrrole nitrogens is 1. The first-order chi connectivity index (χ1) is 5.42. The van der Waals surface area contributed by atoms with Crippen molar-refractivity contribution >= 4 is 22.9 Å². The second-order valence-electron chi connectivity index (χ2n) is 1.98. The molecule has 2 heterocycles. The molecule has 0 saturated carbocycles. The predicted octanol–water partition coefficient (Wildman–Crippen LogP) is -1.81. The number of nitrogens with one attached hydrogen (secondary N) is 1. The van der Waals surface area contributed by atoms with Gasteiger partial charge in [-0.15, -0.1) is 11.8 Å². The number of aromatic nitrogens is 4. The first-order valence-corrected chi connectivity index (χ1v) is 4.32. The van der Waals surface area contributed by atoms with Crippen LogP contribution in [0.3, 0.4) is 0 Å². The summed E-state index contributed by atoms with van der Waals surface area (Å²) in [6.45, 7) is 0. The van der Waals surface area contributed by atoms with E-state index in [1.54, 1.807) is 18.1 Å². The maximum Gasteiger partial charge on any atom is 1.00 e. The summed E-state index contributed by atoms with van der Waals surface area (Å²) in [5.74, 6) is 0. The number of thioether (sulfide) groups is 1. The Morgan fingerprint density at radius 3 is 3.00 bits per heavy atom. The van der Waals surface area contributed by atoms with Crippen LogP contribution in [-0.4, -0.2) is 26.2 Å². The Balaban J connectivity index is 0.000000720. The fraction of sp³-hybridized carbons (Fsp3) is 0.167. The molecule has 2 rings (SSSR count). The van der Waals surface area contributed by atoms with Crippen molar-refractivity contribution in [2.24, 2.45) is 0 Å². The van der Waals surface area contributed by atoms with Crippen LogP contribution in [-0.2, 0) is 0 Å². The molecule has 0 fully saturated rings. The Morgan fingerprint density at radius 1 is 1.42 bits per heavy atom. The van der Waals surface area contributed by atoms with E-state index in [4.69, 9.17) is 0 Å². The predicted molar refractivity (Wildman–Crippen MR) is 44.6 cm³/mol. The molecular weight excluding hydrogens is 183 g/mol. The minimum Gasteiger partial charge on any atom is -1.00 e. The molecule has 0 amide bonds. The van der Waals surface area contributed by atoms with Crippen LogP contribution in [0.1, 0.15) is 1.43 Å². The minimum absolute atomic E-state index is 0. The number of nitrogens with zero attached hydrogens (tertiary/aromatic N) is 3. The van der Waals surface area contributed by atoms with Crippen molar-refractivity contribution in [2.75, 3.05) is 6.26 Å². The first-order valence-electron chi connectivity index (χ1n) is 3.10. The Hall–Kier alpha value is -0.100. The van der Waals surface area contributed by atoms with Gasteiger partial charge >= 0.3 is 29.6 Å². The van der Waals surface area contributed by atoms with E-state index in [-0.39, 0.29) is 31.0 Å². The Morgan fingerprint density at radius 2 is 2.25 bits per heavy atom. The molecular formula is C6H7N4NaS. The van der Waals surface area contributed by atoms with E-state index in [2.05, 4.69) is 19.9 Å². The molecule has 2 aromatic rings. The van der Waals surface area contributed by atoms with E-state index in [0.717, 1.165) is 16.2 Å². The van der Waals surface area contributed by atoms with Crippen LogP contribution < -0.4 is 29.6 Å². The Labute approximate surface area is 97.4 Å². The zero-order valence-corrected chi connectivity index (χ0v) is 9.72. The van der Waals surface area contributed by atoms with Gasteiger partial charge in [0.15, 0.2) is 5.65 Å². The number of imidazole rings is 1. The molecule has 0 spiro atoms. The molecule has 0 bridgehead atoms. The molecule has 0 unspecified atom stereocenters. The maximum atomic E-state index is 4.08. The molecule has 0 radical (unpaired) electrons. The fourth-order valence-corrected chi connectivity index (χ4v) is 1.40. The van der Waals surface area contributed by atoms with Gasteiger partial charge in [-0.25, -0.2) is 15.0 Å². The molecule has 1 N–H and O–H groups in total. The Kier molecular flexibility index (Phi) is 3.52. The standard InChI is InChI=1S/C6H6N4S.Na.H/c1-11-6-4-5(8-2-7-4)9-3-10-6;;/h2-3H,1H3,(H,7,8,9,10);;/q;+1;-1. The summed E-state index contributed by atoms with van der Waals surface area (Å²) in [7, 11) is 0. The average molecular weight is 190 g/mol. The van der Waals surface area contributed by atoms with Gasteiger partial charge in [0.2, 0.25) is 0 Å². The van der Waals surface area contributed by atoms with Gasteiger partial charge in [0, 0.05) is 0 Å². The van der Waals surface area contributed by atoms with Gasteiger partial charge in [-0.1, -0.05) is 0 Å². The fourth-order valence-electron chi connectivity index (χ4n) is 0.898. The summed E-state index contributed by atoms with van der Waals surface area (Å²) in [4.78, 5) is 15.1. The van der Waals surface area contributed by atoms with E-state index in [0.29, 0.717) is 0 Å². The van der Waals surface area contributed by atoms with Crippen LogP contribution in [0, 0.1) is 0 Å². The molecule has 0 aromatic carbocycles. The summed E-state index contributed by atoms with van der Waals surface area (Å²) in [5, 5.41) is 0.938. The maximum absolute atomic E-state index is 4.08. The van der Waals surface area contributed by atoms with E-state index in [1.165, 1.54) is 6.33 Å². The first kappa shape index (κ1) is 9.98. The molecule has 6 heteroatoms. The summed E-state index contributed by atoms with van der Waals surface area (Å²) in [6, 6.07) is 0. The number of aromatic amines is 1. The third-order valence-corrected chi connectivity index (χ3v) is 2.08. The number of hydrogen-bond acceptors (Lipinski definition) is 4. The molecule has 0 aliphatic rings. The van der Waals surface area contributed by atoms with Crippen molar-refractivity contribution in [3.05, 3.63) is 12.7 Å². The third kappa shape index (κ3) is 1.64. The minimum atomic E-state index is 0. The largest absolute Gasteiger partial charge is 1.00 e. The van der Waals surface area contributed by atoms with Gasteiger partial charge in [0.25, 0.3) is 0 Å². The normalized spacial score (nSPS) is 9.75. The quantitative estimate of drug-likeness (QED) is 0.327. The molecule has 0 saturated heterocycles. The number of rotatable bonds is 1. The van der Waals surface area contributed by atoms with Gasteiger partial charge in [-0.2, -0.15) is 0 Å². The van der Waals surface area contributed by atoms with Crippen LogP contribution in [0.2, 0.25) is 0 Å². The smallest absolute Gasteiger partial charge is 1.00 e. The molecule has 2 aromatic heterocycles. The van der Waals surface area contributed by atoms with Crippen molar-refractivity contribution < 1.29 is 31.0 Å². The summed E-state index contributed by atoms with van der Waals surface area (Å²) in [6.07, 6.45) is 5.12. The molecule has 0 aliphatic carbocycles. The average Bonchev–Trinajstić information content (AvgIpc) is 2.50. The van der Waals surface area contributed by atoms with E-state index < -0.39 is 0 Å².